The van der Waals surface area contributed by atoms with Crippen molar-refractivity contribution in [1.29, 1.82) is 0 Å². The number of carbonyl (C=O) groups is 1. The number of benzene rings is 2. The van der Waals surface area contributed by atoms with Crippen LogP contribution in [-0.4, -0.2) is 15.8 Å². The molecule has 0 spiro atoms. The van der Waals surface area contributed by atoms with E-state index in [4.69, 9.17) is 11.6 Å². The van der Waals surface area contributed by atoms with Crippen molar-refractivity contribution in [3.8, 4) is 0 Å². The van der Waals surface area contributed by atoms with E-state index in [0.717, 1.165) is 29.9 Å². The molecule has 136 valence electrons. The zero-order valence-electron chi connectivity index (χ0n) is 14.9. The molecule has 5 nitrogen and oxygen atoms in total. The fourth-order valence-corrected chi connectivity index (χ4v) is 3.23. The van der Waals surface area contributed by atoms with Gasteiger partial charge in [0.05, 0.1) is 11.3 Å². The van der Waals surface area contributed by atoms with Gasteiger partial charge < -0.3 is 10.6 Å². The molecule has 0 bridgehead atoms. The molecule has 1 aliphatic carbocycles. The highest BCUT2D eigenvalue weighted by atomic mass is 35.5. The van der Waals surface area contributed by atoms with Crippen molar-refractivity contribution in [2.75, 3.05) is 10.6 Å². The second-order valence-electron chi connectivity index (χ2n) is 6.62. The molecule has 0 saturated heterocycles. The van der Waals surface area contributed by atoms with Crippen LogP contribution in [0.1, 0.15) is 34.5 Å². The summed E-state index contributed by atoms with van der Waals surface area (Å²) in [7, 11) is 0. The predicted molar refractivity (Wildman–Crippen MR) is 108 cm³/mol. The van der Waals surface area contributed by atoms with Crippen LogP contribution in [0.25, 0.3) is 0 Å². The van der Waals surface area contributed by atoms with E-state index in [1.807, 2.05) is 43.3 Å². The Morgan fingerprint density at radius 3 is 2.30 bits per heavy atom. The van der Waals surface area contributed by atoms with Crippen LogP contribution in [0, 0.1) is 6.92 Å². The van der Waals surface area contributed by atoms with Gasteiger partial charge in [0.15, 0.2) is 5.78 Å². The van der Waals surface area contributed by atoms with Gasteiger partial charge in [-0.1, -0.05) is 29.3 Å². The van der Waals surface area contributed by atoms with Crippen LogP contribution >= 0.6 is 11.6 Å². The summed E-state index contributed by atoms with van der Waals surface area (Å²) in [5, 5.41) is 7.16. The molecule has 0 unspecified atom stereocenters. The number of ketones is 1. The average Bonchev–Trinajstić information content (AvgIpc) is 2.65. The van der Waals surface area contributed by atoms with E-state index in [1.165, 1.54) is 5.56 Å². The first kappa shape index (κ1) is 17.5. The molecule has 6 heteroatoms. The molecule has 2 aromatic carbocycles. The number of nitrogens with one attached hydrogen (secondary N) is 2. The lowest BCUT2D eigenvalue weighted by atomic mass is 9.95. The Kier molecular flexibility index (Phi) is 4.77. The lowest BCUT2D eigenvalue weighted by Crippen LogP contribution is -2.17. The molecule has 1 aromatic heterocycles. The van der Waals surface area contributed by atoms with E-state index in [-0.39, 0.29) is 5.78 Å². The minimum atomic E-state index is 0.0869. The molecule has 4 rings (SSSR count). The molecule has 1 heterocycles. The standard InChI is InChI=1S/C21H19ClN4O/c1-13-5-9-15(10-6-13)23-20-19-17(3-2-4-18(19)27)25-21(26-20)24-16-11-7-14(22)8-12-16/h5-12H,2-4H2,1H3,(H2,23,24,25,26). The smallest absolute Gasteiger partial charge is 0.229 e. The van der Waals surface area contributed by atoms with E-state index in [1.54, 1.807) is 12.1 Å². The number of carbonyl (C=O) groups excluding carboxylic acids is 1. The van der Waals surface area contributed by atoms with Crippen molar-refractivity contribution < 1.29 is 4.79 Å². The van der Waals surface area contributed by atoms with Gasteiger partial charge in [-0.2, -0.15) is 4.98 Å². The highest BCUT2D eigenvalue weighted by Gasteiger charge is 2.24. The molecule has 27 heavy (non-hydrogen) atoms. The first-order valence-corrected chi connectivity index (χ1v) is 9.27. The quantitative estimate of drug-likeness (QED) is 0.632. The van der Waals surface area contributed by atoms with Crippen LogP contribution in [-0.2, 0) is 6.42 Å². The number of nitrogens with zero attached hydrogens (tertiary/aromatic N) is 2. The van der Waals surface area contributed by atoms with Gasteiger partial charge in [0.25, 0.3) is 0 Å². The van der Waals surface area contributed by atoms with E-state index in [9.17, 15) is 4.79 Å². The van der Waals surface area contributed by atoms with Crippen molar-refractivity contribution in [1.82, 2.24) is 9.97 Å². The first-order chi connectivity index (χ1) is 13.1. The fraction of sp³-hybridized carbons (Fsp3) is 0.190. The van der Waals surface area contributed by atoms with Crippen LogP contribution < -0.4 is 10.6 Å². The molecule has 1 aliphatic rings. The molecular weight excluding hydrogens is 360 g/mol. The van der Waals surface area contributed by atoms with E-state index < -0.39 is 0 Å². The maximum Gasteiger partial charge on any atom is 0.229 e. The largest absolute Gasteiger partial charge is 0.339 e. The molecule has 0 radical (unpaired) electrons. The molecular formula is C21H19ClN4O. The van der Waals surface area contributed by atoms with Crippen LogP contribution in [0.15, 0.2) is 48.5 Å². The number of aromatic nitrogens is 2. The molecule has 0 saturated carbocycles. The van der Waals surface area contributed by atoms with Gasteiger partial charge in [-0.15, -0.1) is 0 Å². The zero-order chi connectivity index (χ0) is 18.8. The van der Waals surface area contributed by atoms with Crippen molar-refractivity contribution in [3.63, 3.8) is 0 Å². The number of rotatable bonds is 4. The third-order valence-electron chi connectivity index (χ3n) is 4.49. The lowest BCUT2D eigenvalue weighted by molar-refractivity contribution is 0.0972. The Hall–Kier alpha value is -2.92. The molecule has 0 aliphatic heterocycles. The second-order valence-corrected chi connectivity index (χ2v) is 7.05. The summed E-state index contributed by atoms with van der Waals surface area (Å²) in [4.78, 5) is 21.7. The number of Topliss-reactive ketones (excluding diaryl/α,β-unsaturated/α-hetero) is 1. The average molecular weight is 379 g/mol. The van der Waals surface area contributed by atoms with Crippen LogP contribution in [0.4, 0.5) is 23.1 Å². The van der Waals surface area contributed by atoms with E-state index in [2.05, 4.69) is 20.6 Å². The van der Waals surface area contributed by atoms with Crippen LogP contribution in [0.2, 0.25) is 5.02 Å². The maximum absolute atomic E-state index is 12.5. The Labute approximate surface area is 162 Å². The van der Waals surface area contributed by atoms with Gasteiger partial charge >= 0.3 is 0 Å². The van der Waals surface area contributed by atoms with Crippen molar-refractivity contribution in [2.45, 2.75) is 26.2 Å². The maximum atomic E-state index is 12.5. The molecule has 0 atom stereocenters. The summed E-state index contributed by atoms with van der Waals surface area (Å²) < 4.78 is 0. The summed E-state index contributed by atoms with van der Waals surface area (Å²) in [5.41, 5.74) is 4.28. The summed E-state index contributed by atoms with van der Waals surface area (Å²) in [6.45, 7) is 2.04. The normalized spacial score (nSPS) is 13.2. The van der Waals surface area contributed by atoms with Gasteiger partial charge in [0.2, 0.25) is 5.95 Å². The van der Waals surface area contributed by atoms with Crippen molar-refractivity contribution >= 4 is 40.5 Å². The topological polar surface area (TPSA) is 66.9 Å². The number of halogens is 1. The number of hydrogen-bond acceptors (Lipinski definition) is 5. The predicted octanol–water partition coefficient (Wildman–Crippen LogP) is 5.44. The van der Waals surface area contributed by atoms with E-state index in [0.29, 0.717) is 28.8 Å². The SMILES string of the molecule is Cc1ccc(Nc2nc(Nc3ccc(Cl)cc3)nc3c2C(=O)CCC3)cc1. The highest BCUT2D eigenvalue weighted by molar-refractivity contribution is 6.30. The monoisotopic (exact) mass is 378 g/mol. The van der Waals surface area contributed by atoms with Gasteiger partial charge in [0.1, 0.15) is 5.82 Å². The number of fused-ring (bicyclic) bond motifs is 1. The minimum Gasteiger partial charge on any atom is -0.339 e. The van der Waals surface area contributed by atoms with Crippen molar-refractivity contribution in [2.24, 2.45) is 0 Å². The Bertz CT molecular complexity index is 984. The molecule has 0 fully saturated rings. The van der Waals surface area contributed by atoms with E-state index >= 15 is 0 Å². The highest BCUT2D eigenvalue weighted by Crippen LogP contribution is 2.30. The Morgan fingerprint density at radius 1 is 0.889 bits per heavy atom. The lowest BCUT2D eigenvalue weighted by Gasteiger charge is -2.19. The zero-order valence-corrected chi connectivity index (χ0v) is 15.7. The molecule has 0 amide bonds. The minimum absolute atomic E-state index is 0.0869. The third-order valence-corrected chi connectivity index (χ3v) is 4.75. The summed E-state index contributed by atoms with van der Waals surface area (Å²) in [5.74, 6) is 1.09. The van der Waals surface area contributed by atoms with Crippen molar-refractivity contribution in [3.05, 3.63) is 70.4 Å². The summed E-state index contributed by atoms with van der Waals surface area (Å²) in [6, 6.07) is 15.3. The van der Waals surface area contributed by atoms with Crippen LogP contribution in [0.3, 0.4) is 0 Å². The first-order valence-electron chi connectivity index (χ1n) is 8.89. The van der Waals surface area contributed by atoms with Gasteiger partial charge in [-0.05, 0) is 56.2 Å². The Morgan fingerprint density at radius 2 is 1.56 bits per heavy atom. The van der Waals surface area contributed by atoms with Gasteiger partial charge in [-0.25, -0.2) is 4.98 Å². The van der Waals surface area contributed by atoms with Crippen LogP contribution in [0.5, 0.6) is 0 Å². The second kappa shape index (κ2) is 7.37. The number of aryl methyl sites for hydroxylation is 2. The third kappa shape index (κ3) is 3.93. The van der Waals surface area contributed by atoms with Gasteiger partial charge in [0, 0.05) is 22.8 Å². The summed E-state index contributed by atoms with van der Waals surface area (Å²) in [6.07, 6.45) is 2.11. The molecule has 3 aromatic rings. The van der Waals surface area contributed by atoms with Gasteiger partial charge in [-0.3, -0.25) is 4.79 Å². The number of anilines is 4. The number of hydrogen-bond donors (Lipinski definition) is 2. The summed E-state index contributed by atoms with van der Waals surface area (Å²) >= 11 is 5.95. The molecule has 2 N–H and O–H groups in total. The fourth-order valence-electron chi connectivity index (χ4n) is 3.10. The Balaban J connectivity index is 1.71.